The van der Waals surface area contributed by atoms with Crippen LogP contribution < -0.4 is 5.46 Å². The molecule has 0 saturated heterocycles. The van der Waals surface area contributed by atoms with Crippen LogP contribution in [0.2, 0.25) is 0 Å². The number of hydrogen-bond acceptors (Lipinski definition) is 8. The van der Waals surface area contributed by atoms with Crippen molar-refractivity contribution in [3.05, 3.63) is 379 Å². The van der Waals surface area contributed by atoms with E-state index >= 15 is 0 Å². The van der Waals surface area contributed by atoms with Crippen molar-refractivity contribution in [2.24, 2.45) is 0 Å². The Balaban J connectivity index is 0.000000127. The Kier molecular flexibility index (Phi) is 17.9. The molecule has 0 spiro atoms. The normalized spacial score (nSPS) is 12.6. The molecule has 0 fully saturated rings. The molecule has 0 atom stereocenters. The van der Waals surface area contributed by atoms with Crippen molar-refractivity contribution in [2.45, 2.75) is 38.5 Å². The lowest BCUT2D eigenvalue weighted by Gasteiger charge is -2.22. The predicted octanol–water partition coefficient (Wildman–Crippen LogP) is 24.1. The van der Waals surface area contributed by atoms with Gasteiger partial charge < -0.3 is 10.0 Å². The Morgan fingerprint density at radius 3 is 0.891 bits per heavy atom. The minimum absolute atomic E-state index is 0.0107. The quantitative estimate of drug-likeness (QED) is 0.103. The molecule has 16 aromatic carbocycles. The zero-order valence-corrected chi connectivity index (χ0v) is 62.6. The molecule has 2 N–H and O–H groups in total. The fourth-order valence-electron chi connectivity index (χ4n) is 16.3. The van der Waals surface area contributed by atoms with E-state index in [9.17, 15) is 10.0 Å². The second-order valence-corrected chi connectivity index (χ2v) is 29.9. The molecule has 0 aliphatic heterocycles. The maximum absolute atomic E-state index is 9.24. The first kappa shape index (κ1) is 68.8. The molecule has 0 radical (unpaired) electrons. The third-order valence-corrected chi connectivity index (χ3v) is 22.7. The predicted molar refractivity (Wildman–Crippen MR) is 458 cm³/mol. The fraction of sp³-hybridized carbons (Fsp3) is 0.0600. The van der Waals surface area contributed by atoms with Gasteiger partial charge >= 0.3 is 7.12 Å². The van der Waals surface area contributed by atoms with Crippen molar-refractivity contribution in [1.82, 2.24) is 29.9 Å². The van der Waals surface area contributed by atoms with E-state index in [0.29, 0.717) is 40.4 Å². The van der Waals surface area contributed by atoms with Crippen LogP contribution in [0, 0.1) is 0 Å². The van der Waals surface area contributed by atoms with Gasteiger partial charge in [-0.25, -0.2) is 29.9 Å². The van der Waals surface area contributed by atoms with Gasteiger partial charge in [0.15, 0.2) is 34.9 Å². The van der Waals surface area contributed by atoms with Gasteiger partial charge in [0, 0.05) is 54.2 Å². The molecule has 0 unspecified atom stereocenters. The molecular formula is C100H72BBrN6O2. The molecule has 10 heteroatoms. The van der Waals surface area contributed by atoms with Crippen LogP contribution in [0.3, 0.4) is 0 Å². The van der Waals surface area contributed by atoms with Gasteiger partial charge in [-0.2, -0.15) is 0 Å². The van der Waals surface area contributed by atoms with E-state index in [4.69, 9.17) is 29.9 Å². The first-order valence-electron chi connectivity index (χ1n) is 37.2. The van der Waals surface area contributed by atoms with E-state index in [1.807, 2.05) is 109 Å². The summed E-state index contributed by atoms with van der Waals surface area (Å²) in [6, 6.07) is 122. The Bertz CT molecular complexity index is 6440. The summed E-state index contributed by atoms with van der Waals surface area (Å²) in [4.78, 5) is 30.3. The average molecular weight is 1480 g/mol. The molecular weight excluding hydrogens is 1410 g/mol. The maximum atomic E-state index is 9.24. The standard InChI is InChI=1S/C50H35N3.C29H18BrN3.C21H19BO2/c1-50(2)43-24-14-13-21-39(43)40-30-29-36(31-44(40)50)32-25-27-33(28-26-32)45-41-22-11-9-19-37(41)38-20-10-12-23-42(38)46(45)49-52-47(34-15-5-3-6-16-34)51-48(53-49)35-17-7-4-8-18-35;30-26-24-18-10-8-16-22(24)21-15-7-9-17-23(21)25(26)29-32-27(19-11-3-1-4-12-19)31-28(33-29)20-13-5-2-6-14-20;1-21(2)19-6-4-3-5-17(19)18-12-9-15(13-20(18)21)14-7-10-16(11-8-14)22(23)24/h3-31H,1-2H3;1-18H;3-13,23-24H,1-2H3. The van der Waals surface area contributed by atoms with E-state index in [2.05, 4.69) is 274 Å². The summed E-state index contributed by atoms with van der Waals surface area (Å²) in [7, 11) is -1.42. The molecule has 2 aliphatic carbocycles. The number of aromatic nitrogens is 6. The first-order chi connectivity index (χ1) is 53.8. The summed E-state index contributed by atoms with van der Waals surface area (Å²) in [6.07, 6.45) is 0. The highest BCUT2D eigenvalue weighted by atomic mass is 79.9. The van der Waals surface area contributed by atoms with Gasteiger partial charge in [-0.15, -0.1) is 0 Å². The molecule has 2 aromatic heterocycles. The lowest BCUT2D eigenvalue weighted by molar-refractivity contribution is 0.426. The van der Waals surface area contributed by atoms with Crippen LogP contribution in [0.15, 0.2) is 356 Å². The summed E-state index contributed by atoms with van der Waals surface area (Å²) >= 11 is 3.90. The van der Waals surface area contributed by atoms with E-state index in [-0.39, 0.29) is 10.8 Å². The molecule has 0 bridgehead atoms. The highest BCUT2D eigenvalue weighted by Crippen LogP contribution is 2.52. The molecule has 8 nitrogen and oxygen atoms in total. The summed E-state index contributed by atoms with van der Waals surface area (Å²) in [5, 5.41) is 27.7. The van der Waals surface area contributed by atoms with Crippen molar-refractivity contribution in [3.63, 3.8) is 0 Å². The van der Waals surface area contributed by atoms with Crippen molar-refractivity contribution in [1.29, 1.82) is 0 Å². The zero-order valence-electron chi connectivity index (χ0n) is 61.0. The van der Waals surface area contributed by atoms with Crippen molar-refractivity contribution >= 4 is 71.6 Å². The maximum Gasteiger partial charge on any atom is 0.488 e. The van der Waals surface area contributed by atoms with Gasteiger partial charge in [-0.1, -0.05) is 367 Å². The third-order valence-electron chi connectivity index (χ3n) is 21.9. The van der Waals surface area contributed by atoms with Gasteiger partial charge in [0.25, 0.3) is 0 Å². The number of halogens is 1. The van der Waals surface area contributed by atoms with Gasteiger partial charge in [0.05, 0.1) is 0 Å². The number of rotatable bonds is 10. The number of hydrogen-bond donors (Lipinski definition) is 2. The Morgan fingerprint density at radius 2 is 0.500 bits per heavy atom. The highest BCUT2D eigenvalue weighted by molar-refractivity contribution is 9.10. The lowest BCUT2D eigenvalue weighted by Crippen LogP contribution is -2.29. The van der Waals surface area contributed by atoms with E-state index < -0.39 is 7.12 Å². The fourth-order valence-corrected chi connectivity index (χ4v) is 17.0. The number of nitrogens with zero attached hydrogens (tertiary/aromatic N) is 6. The highest BCUT2D eigenvalue weighted by Gasteiger charge is 2.37. The van der Waals surface area contributed by atoms with Gasteiger partial charge in [0.2, 0.25) is 0 Å². The van der Waals surface area contributed by atoms with Crippen LogP contribution in [-0.2, 0) is 10.8 Å². The Hall–Kier alpha value is -13.0. The van der Waals surface area contributed by atoms with Crippen LogP contribution in [0.1, 0.15) is 49.9 Å². The van der Waals surface area contributed by atoms with E-state index in [1.165, 1.54) is 77.2 Å². The number of benzene rings is 16. The lowest BCUT2D eigenvalue weighted by atomic mass is 9.79. The second-order valence-electron chi connectivity index (χ2n) is 29.1. The largest absolute Gasteiger partial charge is 0.488 e. The first-order valence-corrected chi connectivity index (χ1v) is 37.9. The Labute approximate surface area is 648 Å². The average Bonchev–Trinajstić information content (AvgIpc) is 1.71. The molecule has 0 amide bonds. The SMILES string of the molecule is Brc1c(-c2nc(-c3ccccc3)nc(-c3ccccc3)n2)c2ccccc2c2ccccc12.CC1(C)c2ccccc2-c2ccc(-c3ccc(-c4c(-c5nc(-c6ccccc6)nc(-c6ccccc6)n5)c5ccccc5c5ccccc45)cc3)cc21.CC1(C)c2ccccc2-c2ccc(-c3ccc(B(O)O)cc3)cc21. The second kappa shape index (κ2) is 28.6. The van der Waals surface area contributed by atoms with Crippen LogP contribution in [0.5, 0.6) is 0 Å². The van der Waals surface area contributed by atoms with E-state index in [1.54, 1.807) is 12.1 Å². The zero-order chi connectivity index (χ0) is 74.6. The van der Waals surface area contributed by atoms with Crippen molar-refractivity contribution < 1.29 is 10.0 Å². The van der Waals surface area contributed by atoms with E-state index in [0.717, 1.165) is 81.7 Å². The van der Waals surface area contributed by atoms with Gasteiger partial charge in [0.1, 0.15) is 0 Å². The molecule has 20 rings (SSSR count). The van der Waals surface area contributed by atoms with Gasteiger partial charge in [-0.05, 0) is 149 Å². The van der Waals surface area contributed by atoms with Crippen LogP contribution in [0.4, 0.5) is 0 Å². The van der Waals surface area contributed by atoms with Crippen molar-refractivity contribution in [2.75, 3.05) is 0 Å². The number of fused-ring (bicyclic) bond motifs is 12. The van der Waals surface area contributed by atoms with Crippen LogP contribution in [-0.4, -0.2) is 47.1 Å². The smallest absolute Gasteiger partial charge is 0.423 e. The summed E-state index contributed by atoms with van der Waals surface area (Å²) < 4.78 is 0.987. The minimum atomic E-state index is -1.42. The summed E-state index contributed by atoms with van der Waals surface area (Å²) in [6.45, 7) is 9.22. The molecule has 2 aliphatic rings. The third kappa shape index (κ3) is 12.5. The van der Waals surface area contributed by atoms with Crippen molar-refractivity contribution in [3.8, 4) is 124 Å². The molecule has 0 saturated carbocycles. The minimum Gasteiger partial charge on any atom is -0.423 e. The Morgan fingerprint density at radius 1 is 0.227 bits per heavy atom. The monoisotopic (exact) mass is 1480 g/mol. The van der Waals surface area contributed by atoms with Crippen LogP contribution in [0.25, 0.3) is 167 Å². The molecule has 2 heterocycles. The topological polar surface area (TPSA) is 118 Å². The summed E-state index contributed by atoms with van der Waals surface area (Å²) in [5.41, 5.74) is 23.9. The molecule has 18 aromatic rings. The molecule has 110 heavy (non-hydrogen) atoms. The molecule has 524 valence electrons. The van der Waals surface area contributed by atoms with Gasteiger partial charge in [-0.3, -0.25) is 0 Å². The van der Waals surface area contributed by atoms with Crippen LogP contribution >= 0.6 is 15.9 Å². The summed E-state index contributed by atoms with van der Waals surface area (Å²) in [5.74, 6) is 3.91.